The molecule has 0 spiro atoms. The van der Waals surface area contributed by atoms with E-state index < -0.39 is 0 Å². The number of halogens is 1. The van der Waals surface area contributed by atoms with E-state index in [4.69, 9.17) is 0 Å². The van der Waals surface area contributed by atoms with Gasteiger partial charge in [-0.25, -0.2) is 9.97 Å². The molecule has 1 aromatic carbocycles. The highest BCUT2D eigenvalue weighted by molar-refractivity contribution is 9.10. The van der Waals surface area contributed by atoms with E-state index in [9.17, 15) is 4.79 Å². The predicted octanol–water partition coefficient (Wildman–Crippen LogP) is 2.64. The molecule has 0 unspecified atom stereocenters. The fraction of sp³-hybridized carbons (Fsp3) is 0.133. The zero-order valence-electron chi connectivity index (χ0n) is 11.4. The van der Waals surface area contributed by atoms with Gasteiger partial charge in [0, 0.05) is 17.7 Å². The van der Waals surface area contributed by atoms with Gasteiger partial charge >= 0.3 is 0 Å². The number of rotatable bonds is 3. The predicted molar refractivity (Wildman–Crippen MR) is 86.6 cm³/mol. The van der Waals surface area contributed by atoms with Gasteiger partial charge in [0.05, 0.1) is 23.8 Å². The first kappa shape index (κ1) is 13.8. The van der Waals surface area contributed by atoms with Crippen LogP contribution in [0.25, 0.3) is 10.9 Å². The second-order valence-corrected chi connectivity index (χ2v) is 5.55. The van der Waals surface area contributed by atoms with Gasteiger partial charge in [0.2, 0.25) is 0 Å². The molecule has 0 fully saturated rings. The van der Waals surface area contributed by atoms with E-state index in [2.05, 4.69) is 31.2 Å². The Bertz CT molecular complexity index is 860. The lowest BCUT2D eigenvalue weighted by atomic mass is 10.2. The summed E-state index contributed by atoms with van der Waals surface area (Å²) in [5, 5.41) is 3.59. The third-order valence-corrected chi connectivity index (χ3v) is 3.71. The smallest absolute Gasteiger partial charge is 0.261 e. The minimum absolute atomic E-state index is 0.0517. The zero-order chi connectivity index (χ0) is 14.8. The number of nitrogens with zero attached hydrogens (tertiary/aromatic N) is 3. The molecule has 2 aromatic heterocycles. The topological polar surface area (TPSA) is 59.8 Å². The van der Waals surface area contributed by atoms with Crippen molar-refractivity contribution >= 4 is 32.7 Å². The molecule has 21 heavy (non-hydrogen) atoms. The first-order chi connectivity index (χ1) is 10.2. The summed E-state index contributed by atoms with van der Waals surface area (Å²) in [5.41, 5.74) is 1.64. The molecular weight excluding hydrogens is 332 g/mol. The van der Waals surface area contributed by atoms with Gasteiger partial charge in [0.1, 0.15) is 5.82 Å². The third kappa shape index (κ3) is 2.80. The van der Waals surface area contributed by atoms with Crippen LogP contribution < -0.4 is 10.9 Å². The van der Waals surface area contributed by atoms with Crippen LogP contribution >= 0.6 is 15.9 Å². The molecule has 0 aliphatic heterocycles. The highest BCUT2D eigenvalue weighted by Crippen LogP contribution is 2.15. The second-order valence-electron chi connectivity index (χ2n) is 4.64. The van der Waals surface area contributed by atoms with Crippen molar-refractivity contribution in [2.24, 2.45) is 0 Å². The Balaban J connectivity index is 2.04. The first-order valence-corrected chi connectivity index (χ1v) is 7.24. The van der Waals surface area contributed by atoms with Crippen molar-refractivity contribution < 1.29 is 0 Å². The van der Waals surface area contributed by atoms with Gasteiger partial charge in [0.25, 0.3) is 5.56 Å². The van der Waals surface area contributed by atoms with Crippen molar-refractivity contribution in [1.82, 2.24) is 14.5 Å². The van der Waals surface area contributed by atoms with Crippen LogP contribution in [0.4, 0.5) is 5.82 Å². The Kier molecular flexibility index (Phi) is 3.70. The van der Waals surface area contributed by atoms with Crippen molar-refractivity contribution in [3.05, 3.63) is 63.2 Å². The number of hydrogen-bond donors (Lipinski definition) is 1. The molecule has 0 saturated carbocycles. The Morgan fingerprint density at radius 1 is 1.24 bits per heavy atom. The number of nitrogens with one attached hydrogen (secondary N) is 1. The largest absolute Gasteiger partial charge is 0.373 e. The average Bonchev–Trinajstić information content (AvgIpc) is 2.51. The van der Waals surface area contributed by atoms with Crippen LogP contribution in [0.5, 0.6) is 0 Å². The molecule has 0 aliphatic rings. The Morgan fingerprint density at radius 2 is 2.10 bits per heavy atom. The second kappa shape index (κ2) is 5.65. The lowest BCUT2D eigenvalue weighted by molar-refractivity contribution is 0.747. The van der Waals surface area contributed by atoms with Gasteiger partial charge in [-0.15, -0.1) is 0 Å². The summed E-state index contributed by atoms with van der Waals surface area (Å²) in [6.07, 6.45) is 3.30. The molecule has 6 heteroatoms. The maximum Gasteiger partial charge on any atom is 0.261 e. The summed E-state index contributed by atoms with van der Waals surface area (Å²) in [4.78, 5) is 21.0. The molecule has 0 atom stereocenters. The first-order valence-electron chi connectivity index (χ1n) is 6.45. The summed E-state index contributed by atoms with van der Waals surface area (Å²) in [7, 11) is 1.81. The summed E-state index contributed by atoms with van der Waals surface area (Å²) in [6.45, 7) is 0.464. The number of pyridine rings is 1. The van der Waals surface area contributed by atoms with Crippen LogP contribution in [0.1, 0.15) is 5.56 Å². The molecule has 1 N–H and O–H groups in total. The summed E-state index contributed by atoms with van der Waals surface area (Å²) >= 11 is 3.38. The highest BCUT2D eigenvalue weighted by Gasteiger charge is 2.06. The SMILES string of the molecule is CNc1cc(Cn2cnc3ccc(Br)cc3c2=O)ccn1. The number of anilines is 1. The van der Waals surface area contributed by atoms with Gasteiger partial charge in [0.15, 0.2) is 0 Å². The fourth-order valence-electron chi connectivity index (χ4n) is 2.15. The molecule has 0 aliphatic carbocycles. The standard InChI is InChI=1S/C15H13BrN4O/c1-17-14-6-10(4-5-18-14)8-20-9-19-13-3-2-11(16)7-12(13)15(20)21/h2-7,9H,8H2,1H3,(H,17,18). The monoisotopic (exact) mass is 344 g/mol. The molecule has 0 amide bonds. The molecule has 5 nitrogen and oxygen atoms in total. The minimum Gasteiger partial charge on any atom is -0.373 e. The third-order valence-electron chi connectivity index (χ3n) is 3.22. The lowest BCUT2D eigenvalue weighted by Gasteiger charge is -2.08. The summed E-state index contributed by atoms with van der Waals surface area (Å²) in [5.74, 6) is 0.775. The molecular formula is C15H13BrN4O. The normalized spacial score (nSPS) is 10.8. The summed E-state index contributed by atoms with van der Waals surface area (Å²) in [6, 6.07) is 9.31. The van der Waals surface area contributed by atoms with E-state index in [1.165, 1.54) is 0 Å². The van der Waals surface area contributed by atoms with Crippen molar-refractivity contribution in [2.45, 2.75) is 6.54 Å². The van der Waals surface area contributed by atoms with Crippen LogP contribution in [0, 0.1) is 0 Å². The summed E-state index contributed by atoms with van der Waals surface area (Å²) < 4.78 is 2.47. The van der Waals surface area contributed by atoms with Crippen molar-refractivity contribution in [3.63, 3.8) is 0 Å². The van der Waals surface area contributed by atoms with Gasteiger partial charge < -0.3 is 5.32 Å². The van der Waals surface area contributed by atoms with Crippen LogP contribution in [0.3, 0.4) is 0 Å². The van der Waals surface area contributed by atoms with Crippen molar-refractivity contribution in [3.8, 4) is 0 Å². The molecule has 0 radical (unpaired) electrons. The number of fused-ring (bicyclic) bond motifs is 1. The maximum absolute atomic E-state index is 12.5. The number of aromatic nitrogens is 3. The van der Waals surface area contributed by atoms with Gasteiger partial charge in [-0.05, 0) is 35.9 Å². The molecule has 3 rings (SSSR count). The van der Waals surface area contributed by atoms with Crippen LogP contribution in [0.15, 0.2) is 52.1 Å². The molecule has 106 valence electrons. The Morgan fingerprint density at radius 3 is 2.90 bits per heavy atom. The average molecular weight is 345 g/mol. The quantitative estimate of drug-likeness (QED) is 0.793. The van der Waals surface area contributed by atoms with Gasteiger partial charge in [-0.3, -0.25) is 9.36 Å². The van der Waals surface area contributed by atoms with Crippen LogP contribution in [0.2, 0.25) is 0 Å². The number of hydrogen-bond acceptors (Lipinski definition) is 4. The maximum atomic E-state index is 12.5. The minimum atomic E-state index is -0.0517. The number of benzene rings is 1. The van der Waals surface area contributed by atoms with Crippen molar-refractivity contribution in [1.29, 1.82) is 0 Å². The lowest BCUT2D eigenvalue weighted by Crippen LogP contribution is -2.21. The zero-order valence-corrected chi connectivity index (χ0v) is 13.0. The van der Waals surface area contributed by atoms with Crippen molar-refractivity contribution in [2.75, 3.05) is 12.4 Å². The van der Waals surface area contributed by atoms with Gasteiger partial charge in [-0.1, -0.05) is 15.9 Å². The Hall–Kier alpha value is -2.21. The van der Waals surface area contributed by atoms with Crippen LogP contribution in [-0.4, -0.2) is 21.6 Å². The van der Waals surface area contributed by atoms with E-state index >= 15 is 0 Å². The highest BCUT2D eigenvalue weighted by atomic mass is 79.9. The molecule has 0 bridgehead atoms. The van der Waals surface area contributed by atoms with Crippen LogP contribution in [-0.2, 0) is 6.54 Å². The molecule has 2 heterocycles. The Labute approximate surface area is 129 Å². The molecule has 0 saturated heterocycles. The fourth-order valence-corrected chi connectivity index (χ4v) is 2.51. The van der Waals surface area contributed by atoms with Gasteiger partial charge in [-0.2, -0.15) is 0 Å². The van der Waals surface area contributed by atoms with E-state index in [0.29, 0.717) is 17.4 Å². The van der Waals surface area contributed by atoms with E-state index in [1.807, 2.05) is 31.3 Å². The van der Waals surface area contributed by atoms with E-state index in [1.54, 1.807) is 23.2 Å². The van der Waals surface area contributed by atoms with E-state index in [0.717, 1.165) is 15.9 Å². The van der Waals surface area contributed by atoms with E-state index in [-0.39, 0.29) is 5.56 Å². The molecule has 3 aromatic rings.